The Balaban J connectivity index is 2.41. The average Bonchev–Trinajstić information content (AvgIpc) is 2.42. The molecule has 0 unspecified atom stereocenters. The van der Waals surface area contributed by atoms with Gasteiger partial charge in [0.2, 0.25) is 0 Å². The van der Waals surface area contributed by atoms with Crippen molar-refractivity contribution in [2.24, 2.45) is 0 Å². The summed E-state index contributed by atoms with van der Waals surface area (Å²) in [5.74, 6) is -0.766. The molecule has 20 heavy (non-hydrogen) atoms. The second-order valence-electron chi connectivity index (χ2n) is 4.16. The minimum atomic E-state index is -0.940. The molecule has 2 N–H and O–H groups in total. The van der Waals surface area contributed by atoms with E-state index in [4.69, 9.17) is 14.6 Å². The molecule has 0 bridgehead atoms. The van der Waals surface area contributed by atoms with Gasteiger partial charge in [-0.15, -0.1) is 0 Å². The van der Waals surface area contributed by atoms with Crippen LogP contribution in [0.15, 0.2) is 24.3 Å². The Morgan fingerprint density at radius 2 is 2.05 bits per heavy atom. The number of hydrogen-bond donors (Lipinski definition) is 2. The number of para-hydroxylation sites is 1. The first-order chi connectivity index (χ1) is 9.63. The van der Waals surface area contributed by atoms with E-state index in [1.165, 1.54) is 0 Å². The zero-order valence-corrected chi connectivity index (χ0v) is 11.4. The minimum absolute atomic E-state index is 0.133. The molecule has 110 valence electrons. The molecule has 1 aromatic carbocycles. The Morgan fingerprint density at radius 3 is 2.75 bits per heavy atom. The third kappa shape index (κ3) is 6.19. The molecule has 1 amide bonds. The molecule has 0 atom stereocenters. The number of carbonyl (C=O) groups is 2. The van der Waals surface area contributed by atoms with Gasteiger partial charge in [-0.05, 0) is 12.5 Å². The highest BCUT2D eigenvalue weighted by Gasteiger charge is 2.09. The lowest BCUT2D eigenvalue weighted by molar-refractivity contribution is -0.136. The molecule has 6 nitrogen and oxygen atoms in total. The molecule has 1 aromatic rings. The van der Waals surface area contributed by atoms with Crippen molar-refractivity contribution < 1.29 is 24.2 Å². The lowest BCUT2D eigenvalue weighted by atomic mass is 10.1. The van der Waals surface area contributed by atoms with Crippen LogP contribution >= 0.6 is 0 Å². The summed E-state index contributed by atoms with van der Waals surface area (Å²) >= 11 is 0. The minimum Gasteiger partial charge on any atom is -0.483 e. The van der Waals surface area contributed by atoms with Gasteiger partial charge in [-0.3, -0.25) is 9.59 Å². The van der Waals surface area contributed by atoms with Crippen LogP contribution in [0, 0.1) is 0 Å². The first kappa shape index (κ1) is 16.0. The van der Waals surface area contributed by atoms with Crippen molar-refractivity contribution in [3.8, 4) is 5.75 Å². The van der Waals surface area contributed by atoms with Crippen molar-refractivity contribution in [2.75, 3.05) is 26.9 Å². The van der Waals surface area contributed by atoms with Gasteiger partial charge in [-0.1, -0.05) is 18.2 Å². The predicted octanol–water partition coefficient (Wildman–Crippen LogP) is 0.845. The van der Waals surface area contributed by atoms with Crippen LogP contribution in [0.5, 0.6) is 5.75 Å². The van der Waals surface area contributed by atoms with E-state index < -0.39 is 5.97 Å². The van der Waals surface area contributed by atoms with Crippen LogP contribution < -0.4 is 10.1 Å². The van der Waals surface area contributed by atoms with Gasteiger partial charge in [0.15, 0.2) is 6.61 Å². The van der Waals surface area contributed by atoms with E-state index in [0.29, 0.717) is 24.5 Å². The number of carboxylic acids is 1. The first-order valence-electron chi connectivity index (χ1n) is 6.31. The number of ether oxygens (including phenoxy) is 2. The average molecular weight is 281 g/mol. The second kappa shape index (κ2) is 8.92. The lowest BCUT2D eigenvalue weighted by Gasteiger charge is -2.10. The predicted molar refractivity (Wildman–Crippen MR) is 72.8 cm³/mol. The summed E-state index contributed by atoms with van der Waals surface area (Å²) in [6.45, 7) is 0.971. The highest BCUT2D eigenvalue weighted by molar-refractivity contribution is 5.77. The molecule has 6 heteroatoms. The van der Waals surface area contributed by atoms with Gasteiger partial charge in [-0.25, -0.2) is 0 Å². The van der Waals surface area contributed by atoms with Crippen molar-refractivity contribution in [3.05, 3.63) is 29.8 Å². The third-order valence-corrected chi connectivity index (χ3v) is 2.52. The van der Waals surface area contributed by atoms with Crippen LogP contribution in [-0.4, -0.2) is 43.9 Å². The molecule has 0 aliphatic rings. The number of aliphatic carboxylic acids is 1. The monoisotopic (exact) mass is 281 g/mol. The summed E-state index contributed by atoms with van der Waals surface area (Å²) < 4.78 is 10.2. The molecule has 0 fully saturated rings. The fraction of sp³-hybridized carbons (Fsp3) is 0.429. The number of methoxy groups -OCH3 is 1. The Kier molecular flexibility index (Phi) is 7.13. The number of hydrogen-bond acceptors (Lipinski definition) is 4. The zero-order valence-electron chi connectivity index (χ0n) is 11.4. The van der Waals surface area contributed by atoms with Crippen LogP contribution in [0.4, 0.5) is 0 Å². The summed E-state index contributed by atoms with van der Waals surface area (Å²) in [5, 5.41) is 11.5. The Bertz CT molecular complexity index is 447. The molecular formula is C14H19NO5. The molecule has 0 saturated carbocycles. The SMILES string of the molecule is COCCCNC(=O)COc1ccccc1CC(=O)O. The molecular weight excluding hydrogens is 262 g/mol. The number of nitrogens with one attached hydrogen (secondary N) is 1. The number of amides is 1. The second-order valence-corrected chi connectivity index (χ2v) is 4.16. The summed E-state index contributed by atoms with van der Waals surface area (Å²) in [4.78, 5) is 22.2. The normalized spacial score (nSPS) is 10.1. The van der Waals surface area contributed by atoms with E-state index >= 15 is 0 Å². The van der Waals surface area contributed by atoms with Crippen LogP contribution in [0.3, 0.4) is 0 Å². The third-order valence-electron chi connectivity index (χ3n) is 2.52. The van der Waals surface area contributed by atoms with Crippen molar-refractivity contribution in [2.45, 2.75) is 12.8 Å². The molecule has 1 rings (SSSR count). The lowest BCUT2D eigenvalue weighted by Crippen LogP contribution is -2.30. The van der Waals surface area contributed by atoms with Gasteiger partial charge >= 0.3 is 5.97 Å². The molecule has 0 spiro atoms. The van der Waals surface area contributed by atoms with Gasteiger partial charge in [0.1, 0.15) is 5.75 Å². The first-order valence-corrected chi connectivity index (χ1v) is 6.31. The van der Waals surface area contributed by atoms with Gasteiger partial charge in [0.25, 0.3) is 5.91 Å². The Hall–Kier alpha value is -2.08. The summed E-state index contributed by atoms with van der Waals surface area (Å²) in [6.07, 6.45) is 0.601. The zero-order chi connectivity index (χ0) is 14.8. The van der Waals surface area contributed by atoms with Crippen LogP contribution in [0.25, 0.3) is 0 Å². The maximum atomic E-state index is 11.5. The molecule has 0 heterocycles. The van der Waals surface area contributed by atoms with E-state index in [2.05, 4.69) is 5.32 Å². The molecule has 0 aromatic heterocycles. The van der Waals surface area contributed by atoms with Gasteiger partial charge in [0, 0.05) is 25.8 Å². The van der Waals surface area contributed by atoms with E-state index in [1.54, 1.807) is 31.4 Å². The Morgan fingerprint density at radius 1 is 1.30 bits per heavy atom. The van der Waals surface area contributed by atoms with Crippen LogP contribution in [0.2, 0.25) is 0 Å². The fourth-order valence-corrected chi connectivity index (χ4v) is 1.59. The number of rotatable bonds is 9. The number of carboxylic acid groups (broad SMARTS) is 1. The van der Waals surface area contributed by atoms with Crippen LogP contribution in [-0.2, 0) is 20.7 Å². The van der Waals surface area contributed by atoms with E-state index in [1.807, 2.05) is 0 Å². The van der Waals surface area contributed by atoms with E-state index in [0.717, 1.165) is 6.42 Å². The van der Waals surface area contributed by atoms with Crippen molar-refractivity contribution in [1.29, 1.82) is 0 Å². The van der Waals surface area contributed by atoms with E-state index in [-0.39, 0.29) is 18.9 Å². The maximum Gasteiger partial charge on any atom is 0.307 e. The topological polar surface area (TPSA) is 84.9 Å². The maximum absolute atomic E-state index is 11.5. The Labute approximate surface area is 117 Å². The number of carbonyl (C=O) groups excluding carboxylic acids is 1. The quantitative estimate of drug-likeness (QED) is 0.655. The van der Waals surface area contributed by atoms with Crippen molar-refractivity contribution in [3.63, 3.8) is 0 Å². The largest absolute Gasteiger partial charge is 0.483 e. The molecule has 0 saturated heterocycles. The van der Waals surface area contributed by atoms with Gasteiger partial charge in [0.05, 0.1) is 6.42 Å². The van der Waals surface area contributed by atoms with E-state index in [9.17, 15) is 9.59 Å². The highest BCUT2D eigenvalue weighted by atomic mass is 16.5. The molecule has 0 radical (unpaired) electrons. The van der Waals surface area contributed by atoms with Crippen molar-refractivity contribution in [1.82, 2.24) is 5.32 Å². The van der Waals surface area contributed by atoms with Crippen molar-refractivity contribution >= 4 is 11.9 Å². The van der Waals surface area contributed by atoms with Gasteiger partial charge in [-0.2, -0.15) is 0 Å². The summed E-state index contributed by atoms with van der Waals surface area (Å²) in [6, 6.07) is 6.78. The van der Waals surface area contributed by atoms with Crippen LogP contribution in [0.1, 0.15) is 12.0 Å². The smallest absolute Gasteiger partial charge is 0.307 e. The molecule has 0 aliphatic heterocycles. The standard InChI is InChI=1S/C14H19NO5/c1-19-8-4-7-15-13(16)10-20-12-6-3-2-5-11(12)9-14(17)18/h2-3,5-6H,4,7-10H2,1H3,(H,15,16)(H,17,18). The van der Waals surface area contributed by atoms with Gasteiger partial charge < -0.3 is 19.9 Å². The highest BCUT2D eigenvalue weighted by Crippen LogP contribution is 2.18. The summed E-state index contributed by atoms with van der Waals surface area (Å²) in [5.41, 5.74) is 0.548. The summed E-state index contributed by atoms with van der Waals surface area (Å²) in [7, 11) is 1.60. The molecule has 0 aliphatic carbocycles. The fourth-order valence-electron chi connectivity index (χ4n) is 1.59. The number of benzene rings is 1.